The van der Waals surface area contributed by atoms with Crippen molar-refractivity contribution in [3.05, 3.63) is 95.1 Å². The highest BCUT2D eigenvalue weighted by Gasteiger charge is 2.48. The first-order valence-electron chi connectivity index (χ1n) is 18.6. The molecule has 3 aliphatic heterocycles. The topological polar surface area (TPSA) is 111 Å². The zero-order valence-corrected chi connectivity index (χ0v) is 31.1. The number of ether oxygens (including phenoxy) is 2. The Morgan fingerprint density at radius 3 is 2.32 bits per heavy atom. The fourth-order valence-corrected chi connectivity index (χ4v) is 8.72. The molecule has 8 nitrogen and oxygen atoms in total. The average molecular weight is 754 g/mol. The van der Waals surface area contributed by atoms with Crippen LogP contribution in [0.4, 0.5) is 0 Å². The maximum absolute atomic E-state index is 12.0. The van der Waals surface area contributed by atoms with Crippen LogP contribution in [0.15, 0.2) is 72.8 Å². The summed E-state index contributed by atoms with van der Waals surface area (Å²) >= 11 is 0. The first-order chi connectivity index (χ1) is 23.8. The normalized spacial score (nSPS) is 24.3. The van der Waals surface area contributed by atoms with Crippen LogP contribution in [0, 0.1) is 11.8 Å². The Balaban J connectivity index is 0.00000486. The number of rotatable bonds is 17. The van der Waals surface area contributed by atoms with Gasteiger partial charge in [-0.05, 0) is 66.1 Å². The van der Waals surface area contributed by atoms with Gasteiger partial charge >= 0.3 is 0 Å². The Hall–Kier alpha value is -2.50. The van der Waals surface area contributed by atoms with Crippen LogP contribution in [0.2, 0.25) is 0 Å². The summed E-state index contributed by atoms with van der Waals surface area (Å²) in [5, 5.41) is 45.5. The third kappa shape index (κ3) is 9.10. The van der Waals surface area contributed by atoms with Gasteiger partial charge in [-0.3, -0.25) is 0 Å². The standard InChI is InChI=1S/C41H56N2O6.BrH/c1-2-37(42-26-39(46)32-15-18-38(45)33(25-32)28-44)30-13-16-36(17-14-30)48-24-8-21-43-22-19-31(20-23-43)40(27-43)49-29-41(47,35-11-6-7-12-35)34-9-4-3-5-10-34;/h3-5,9-10,13-18,25,31,35,37,39-40,42,44,46-47H,2,6-8,11-12,19-24,26-29H2,1H3;1H/t31?,37?,39-,40-,41+,43?;/m0./s1. The number of hydrogen-bond donors (Lipinski definition) is 5. The van der Waals surface area contributed by atoms with Gasteiger partial charge < -0.3 is 56.7 Å². The predicted molar refractivity (Wildman–Crippen MR) is 191 cm³/mol. The van der Waals surface area contributed by atoms with Crippen molar-refractivity contribution >= 4 is 0 Å². The molecule has 0 radical (unpaired) electrons. The molecule has 1 aliphatic carbocycles. The Bertz CT molecular complexity index is 1460. The van der Waals surface area contributed by atoms with Crippen molar-refractivity contribution < 1.29 is 51.4 Å². The van der Waals surface area contributed by atoms with E-state index in [0.717, 1.165) is 60.1 Å². The summed E-state index contributed by atoms with van der Waals surface area (Å²) in [5.74, 6) is 1.75. The van der Waals surface area contributed by atoms with Gasteiger partial charge in [0.15, 0.2) is 0 Å². The second kappa shape index (κ2) is 17.8. The molecule has 2 bridgehead atoms. The average Bonchev–Trinajstić information content (AvgIpc) is 3.70. The lowest BCUT2D eigenvalue weighted by atomic mass is 9.80. The highest BCUT2D eigenvalue weighted by atomic mass is 79.9. The minimum absolute atomic E-state index is 0. The zero-order valence-electron chi connectivity index (χ0n) is 29.6. The van der Waals surface area contributed by atoms with Crippen molar-refractivity contribution in [1.82, 2.24) is 5.32 Å². The van der Waals surface area contributed by atoms with E-state index in [2.05, 4.69) is 36.5 Å². The minimum Gasteiger partial charge on any atom is -1.00 e. The molecular weight excluding hydrogens is 696 g/mol. The van der Waals surface area contributed by atoms with Crippen molar-refractivity contribution in [3.8, 4) is 11.5 Å². The van der Waals surface area contributed by atoms with Gasteiger partial charge in [0.25, 0.3) is 0 Å². The summed E-state index contributed by atoms with van der Waals surface area (Å²) in [7, 11) is 0. The smallest absolute Gasteiger partial charge is 0.121 e. The Morgan fingerprint density at radius 2 is 1.64 bits per heavy atom. The highest BCUT2D eigenvalue weighted by Crippen LogP contribution is 2.43. The highest BCUT2D eigenvalue weighted by molar-refractivity contribution is 5.36. The van der Waals surface area contributed by atoms with Crippen molar-refractivity contribution in [2.24, 2.45) is 11.8 Å². The third-order valence-electron chi connectivity index (χ3n) is 11.8. The molecule has 0 spiro atoms. The summed E-state index contributed by atoms with van der Waals surface area (Å²) < 4.78 is 14.0. The second-order valence-electron chi connectivity index (χ2n) is 14.9. The number of nitrogens with one attached hydrogen (secondary N) is 1. The van der Waals surface area contributed by atoms with Crippen molar-refractivity contribution in [3.63, 3.8) is 0 Å². The molecule has 7 rings (SSSR count). The second-order valence-corrected chi connectivity index (χ2v) is 14.9. The van der Waals surface area contributed by atoms with Crippen LogP contribution in [-0.4, -0.2) is 77.0 Å². The Morgan fingerprint density at radius 1 is 0.940 bits per heavy atom. The number of halogens is 1. The molecule has 4 atom stereocenters. The molecule has 3 saturated heterocycles. The zero-order chi connectivity index (χ0) is 34.3. The fraction of sp³-hybridized carbons (Fsp3) is 0.561. The summed E-state index contributed by atoms with van der Waals surface area (Å²) in [6.45, 7) is 7.79. The lowest BCUT2D eigenvalue weighted by molar-refractivity contribution is -0.946. The van der Waals surface area contributed by atoms with Gasteiger partial charge in [-0.1, -0.05) is 68.3 Å². The largest absolute Gasteiger partial charge is 1.00 e. The maximum atomic E-state index is 12.0. The molecule has 274 valence electrons. The Kier molecular flexibility index (Phi) is 13.8. The number of nitrogens with zero attached hydrogens (tertiary/aromatic N) is 1. The number of fused-ring (bicyclic) bond motifs is 3. The first-order valence-corrected chi connectivity index (χ1v) is 18.6. The number of piperidine rings is 3. The number of hydrogen-bond acceptors (Lipinski definition) is 7. The maximum Gasteiger partial charge on any atom is 0.121 e. The van der Waals surface area contributed by atoms with Crippen LogP contribution in [0.5, 0.6) is 11.5 Å². The van der Waals surface area contributed by atoms with E-state index >= 15 is 0 Å². The first kappa shape index (κ1) is 38.7. The van der Waals surface area contributed by atoms with E-state index in [9.17, 15) is 20.4 Å². The number of aliphatic hydroxyl groups excluding tert-OH is 2. The number of benzene rings is 3. The molecule has 0 amide bonds. The molecule has 3 heterocycles. The van der Waals surface area contributed by atoms with Gasteiger partial charge in [-0.25, -0.2) is 0 Å². The molecule has 3 aromatic carbocycles. The minimum atomic E-state index is -0.911. The molecule has 4 aliphatic rings. The lowest BCUT2D eigenvalue weighted by Gasteiger charge is -2.53. The van der Waals surface area contributed by atoms with Crippen LogP contribution < -0.4 is 27.0 Å². The van der Waals surface area contributed by atoms with E-state index in [4.69, 9.17) is 9.47 Å². The van der Waals surface area contributed by atoms with Crippen LogP contribution in [0.1, 0.15) is 92.7 Å². The van der Waals surface area contributed by atoms with Crippen molar-refractivity contribution in [2.75, 3.05) is 45.9 Å². The van der Waals surface area contributed by atoms with Crippen molar-refractivity contribution in [1.29, 1.82) is 0 Å². The van der Waals surface area contributed by atoms with Gasteiger partial charge in [-0.2, -0.15) is 0 Å². The fourth-order valence-electron chi connectivity index (χ4n) is 8.72. The molecule has 1 unspecified atom stereocenters. The molecule has 5 N–H and O–H groups in total. The molecule has 9 heteroatoms. The van der Waals surface area contributed by atoms with Crippen LogP contribution in [0.25, 0.3) is 0 Å². The van der Waals surface area contributed by atoms with E-state index in [1.807, 2.05) is 30.3 Å². The van der Waals surface area contributed by atoms with Crippen molar-refractivity contribution in [2.45, 2.75) is 88.7 Å². The lowest BCUT2D eigenvalue weighted by Crippen LogP contribution is -3.00. The van der Waals surface area contributed by atoms with E-state index in [-0.39, 0.29) is 47.4 Å². The third-order valence-corrected chi connectivity index (χ3v) is 11.8. The summed E-state index contributed by atoms with van der Waals surface area (Å²) in [6, 6.07) is 23.4. The van der Waals surface area contributed by atoms with E-state index in [1.54, 1.807) is 12.1 Å². The predicted octanol–water partition coefficient (Wildman–Crippen LogP) is 3.14. The van der Waals surface area contributed by atoms with Crippen LogP contribution >= 0.6 is 0 Å². The summed E-state index contributed by atoms with van der Waals surface area (Å²) in [5.41, 5.74) is 2.29. The van der Waals surface area contributed by atoms with Crippen LogP contribution in [0.3, 0.4) is 0 Å². The number of phenols is 1. The molecular formula is C41H57BrN2O6. The summed E-state index contributed by atoms with van der Waals surface area (Å²) in [6.07, 6.45) is 8.22. The quantitative estimate of drug-likeness (QED) is 0.107. The van der Waals surface area contributed by atoms with Gasteiger partial charge in [0.05, 0.1) is 45.6 Å². The monoisotopic (exact) mass is 752 g/mol. The molecule has 0 aromatic heterocycles. The summed E-state index contributed by atoms with van der Waals surface area (Å²) in [4.78, 5) is 0. The molecule has 3 aromatic rings. The van der Waals surface area contributed by atoms with E-state index in [0.29, 0.717) is 36.8 Å². The van der Waals surface area contributed by atoms with Crippen LogP contribution in [-0.2, 0) is 16.9 Å². The van der Waals surface area contributed by atoms with Gasteiger partial charge in [0, 0.05) is 43.3 Å². The number of aromatic hydroxyl groups is 1. The van der Waals surface area contributed by atoms with E-state index in [1.165, 1.54) is 44.8 Å². The van der Waals surface area contributed by atoms with Gasteiger partial charge in [-0.15, -0.1) is 0 Å². The molecule has 50 heavy (non-hydrogen) atoms. The van der Waals surface area contributed by atoms with E-state index < -0.39 is 11.7 Å². The molecule has 1 saturated carbocycles. The number of aliphatic hydroxyl groups is 3. The SMILES string of the molecule is CCC(NC[C@H](O)c1ccc(O)c(CO)c1)c1ccc(OCCC[N+]23CCC(CC2)[C@@H](OC[C@@](O)(c2ccccc2)C2CCCC2)C3)cc1.[Br-]. The molecule has 4 fully saturated rings. The van der Waals surface area contributed by atoms with Gasteiger partial charge in [0.2, 0.25) is 0 Å². The van der Waals surface area contributed by atoms with Gasteiger partial charge in [0.1, 0.15) is 29.7 Å². The number of quaternary nitrogens is 1. The Labute approximate surface area is 308 Å².